The van der Waals surface area contributed by atoms with E-state index in [9.17, 15) is 4.79 Å². The van der Waals surface area contributed by atoms with E-state index in [1.54, 1.807) is 23.3 Å². The molecule has 0 aliphatic carbocycles. The van der Waals surface area contributed by atoms with Crippen molar-refractivity contribution in [3.63, 3.8) is 0 Å². The molecule has 0 atom stereocenters. The molecule has 4 nitrogen and oxygen atoms in total. The van der Waals surface area contributed by atoms with E-state index in [1.165, 1.54) is 0 Å². The minimum Gasteiger partial charge on any atom is -0.481 e. The third kappa shape index (κ3) is 3.58. The number of aliphatic carboxylic acids is 1. The summed E-state index contributed by atoms with van der Waals surface area (Å²) in [6, 6.07) is 14.2. The second-order valence-electron chi connectivity index (χ2n) is 5.95. The number of carbonyl (C=O) groups is 1. The zero-order chi connectivity index (χ0) is 18.1. The van der Waals surface area contributed by atoms with E-state index in [-0.39, 0.29) is 6.42 Å². The maximum atomic E-state index is 10.8. The van der Waals surface area contributed by atoms with Gasteiger partial charge in [-0.3, -0.25) is 8.77 Å². The van der Waals surface area contributed by atoms with Crippen molar-refractivity contribution in [1.82, 2.24) is 8.96 Å². The number of fused-ring (bicyclic) bond motifs is 2. The van der Waals surface area contributed by atoms with E-state index in [2.05, 4.69) is 27.2 Å². The topological polar surface area (TPSA) is 55.1 Å². The number of aromatic nitrogens is 2. The number of benzene rings is 2. The summed E-state index contributed by atoms with van der Waals surface area (Å²) >= 11 is 9.40. The summed E-state index contributed by atoms with van der Waals surface area (Å²) in [4.78, 5) is 16.3. The lowest BCUT2D eigenvalue weighted by Crippen LogP contribution is -1.99. The molecular weight excluding hydrogens is 388 g/mol. The van der Waals surface area contributed by atoms with Gasteiger partial charge in [-0.05, 0) is 67.3 Å². The van der Waals surface area contributed by atoms with Gasteiger partial charge >= 0.3 is 5.97 Å². The lowest BCUT2D eigenvalue weighted by Gasteiger charge is -2.10. The molecule has 0 fully saturated rings. The molecule has 0 unspecified atom stereocenters. The molecule has 4 aromatic rings. The lowest BCUT2D eigenvalue weighted by atomic mass is 10.2. The van der Waals surface area contributed by atoms with Crippen LogP contribution in [-0.2, 0) is 11.2 Å². The number of thiazole rings is 1. The molecule has 0 saturated carbocycles. The van der Waals surface area contributed by atoms with Crippen molar-refractivity contribution >= 4 is 62.0 Å². The van der Waals surface area contributed by atoms with Crippen LogP contribution in [0.15, 0.2) is 52.9 Å². The molecule has 0 saturated heterocycles. The molecule has 2 aromatic heterocycles. The second kappa shape index (κ2) is 7.31. The van der Waals surface area contributed by atoms with Gasteiger partial charge in [0.25, 0.3) is 0 Å². The highest BCUT2D eigenvalue weighted by Crippen LogP contribution is 2.33. The van der Waals surface area contributed by atoms with Crippen molar-refractivity contribution in [2.45, 2.75) is 24.2 Å². The number of hydrogen-bond acceptors (Lipinski definition) is 4. The molecule has 0 radical (unpaired) electrons. The van der Waals surface area contributed by atoms with Gasteiger partial charge in [0.05, 0.1) is 21.2 Å². The number of hydrogen-bond donors (Lipinski definition) is 1. The fraction of sp³-hybridized carbons (Fsp3) is 0.158. The van der Waals surface area contributed by atoms with Crippen LogP contribution < -0.4 is 0 Å². The molecule has 26 heavy (non-hydrogen) atoms. The number of nitrogens with zero attached hydrogens (tertiary/aromatic N) is 2. The van der Waals surface area contributed by atoms with E-state index >= 15 is 0 Å². The van der Waals surface area contributed by atoms with Gasteiger partial charge in [-0.15, -0.1) is 11.3 Å². The van der Waals surface area contributed by atoms with Crippen molar-refractivity contribution in [1.29, 1.82) is 0 Å². The SMILES string of the molecule is O=C(O)CCCc1cc2cc(Cl)ccc2n1Sc1ccc2ncsc2c1. The molecule has 0 aliphatic rings. The zero-order valence-corrected chi connectivity index (χ0v) is 16.1. The summed E-state index contributed by atoms with van der Waals surface area (Å²) in [5.41, 5.74) is 5.03. The summed E-state index contributed by atoms with van der Waals surface area (Å²) in [6.07, 6.45) is 1.47. The van der Waals surface area contributed by atoms with Crippen LogP contribution in [0, 0.1) is 0 Å². The number of halogens is 1. The lowest BCUT2D eigenvalue weighted by molar-refractivity contribution is -0.137. The van der Waals surface area contributed by atoms with E-state index in [4.69, 9.17) is 16.7 Å². The van der Waals surface area contributed by atoms with Gasteiger partial charge in [-0.2, -0.15) is 0 Å². The maximum Gasteiger partial charge on any atom is 0.303 e. The Kier molecular flexibility index (Phi) is 4.89. The Morgan fingerprint density at radius 1 is 1.23 bits per heavy atom. The molecule has 0 amide bonds. The molecule has 7 heteroatoms. The van der Waals surface area contributed by atoms with Gasteiger partial charge in [0, 0.05) is 27.4 Å². The molecule has 2 heterocycles. The van der Waals surface area contributed by atoms with Crippen LogP contribution in [0.3, 0.4) is 0 Å². The first-order chi connectivity index (χ1) is 12.6. The number of carboxylic acid groups (broad SMARTS) is 1. The predicted molar refractivity (Wildman–Crippen MR) is 108 cm³/mol. The summed E-state index contributed by atoms with van der Waals surface area (Å²) in [6.45, 7) is 0. The average Bonchev–Trinajstić information content (AvgIpc) is 3.19. The van der Waals surface area contributed by atoms with E-state index in [0.29, 0.717) is 17.9 Å². The Labute approximate surface area is 163 Å². The summed E-state index contributed by atoms with van der Waals surface area (Å²) in [5, 5.41) is 10.7. The molecule has 4 rings (SSSR count). The first-order valence-electron chi connectivity index (χ1n) is 8.13. The predicted octanol–water partition coefficient (Wildman–Crippen LogP) is 5.87. The van der Waals surface area contributed by atoms with Crippen molar-refractivity contribution in [2.24, 2.45) is 0 Å². The van der Waals surface area contributed by atoms with Crippen LogP contribution in [0.5, 0.6) is 0 Å². The van der Waals surface area contributed by atoms with Gasteiger partial charge in [0.15, 0.2) is 0 Å². The molecule has 1 N–H and O–H groups in total. The van der Waals surface area contributed by atoms with Crippen LogP contribution >= 0.6 is 34.9 Å². The standard InChI is InChI=1S/C19H15ClN2O2S2/c20-13-4-7-17-12(8-13)9-14(2-1-3-19(23)24)22(17)26-15-5-6-16-18(10-15)25-11-21-16/h4-11H,1-3H2,(H,23,24). The Balaban J connectivity index is 1.71. The minimum atomic E-state index is -0.765. The van der Waals surface area contributed by atoms with Gasteiger partial charge in [-0.25, -0.2) is 4.98 Å². The normalized spacial score (nSPS) is 11.4. The minimum absolute atomic E-state index is 0.166. The first kappa shape index (κ1) is 17.4. The van der Waals surface area contributed by atoms with E-state index < -0.39 is 5.97 Å². The second-order valence-corrected chi connectivity index (χ2v) is 8.30. The molecule has 0 bridgehead atoms. The Hall–Kier alpha value is -2.02. The Morgan fingerprint density at radius 3 is 2.96 bits per heavy atom. The smallest absolute Gasteiger partial charge is 0.303 e. The van der Waals surface area contributed by atoms with Gasteiger partial charge in [0.2, 0.25) is 0 Å². The fourth-order valence-corrected chi connectivity index (χ4v) is 4.93. The van der Waals surface area contributed by atoms with Crippen LogP contribution in [0.4, 0.5) is 0 Å². The summed E-state index contributed by atoms with van der Waals surface area (Å²) in [7, 11) is 0. The third-order valence-corrected chi connectivity index (χ3v) is 6.22. The van der Waals surface area contributed by atoms with Crippen LogP contribution in [0.2, 0.25) is 5.02 Å². The highest BCUT2D eigenvalue weighted by Gasteiger charge is 2.12. The fourth-order valence-electron chi connectivity index (χ4n) is 2.92. The first-order valence-corrected chi connectivity index (χ1v) is 10.2. The Morgan fingerprint density at radius 2 is 2.12 bits per heavy atom. The number of aryl methyl sites for hydroxylation is 1. The average molecular weight is 403 g/mol. The highest BCUT2D eigenvalue weighted by molar-refractivity contribution is 7.98. The summed E-state index contributed by atoms with van der Waals surface area (Å²) < 4.78 is 3.33. The molecule has 132 valence electrons. The third-order valence-electron chi connectivity index (χ3n) is 4.11. The van der Waals surface area contributed by atoms with Crippen molar-refractivity contribution < 1.29 is 9.90 Å². The summed E-state index contributed by atoms with van der Waals surface area (Å²) in [5.74, 6) is -0.765. The zero-order valence-electron chi connectivity index (χ0n) is 13.7. The highest BCUT2D eigenvalue weighted by atomic mass is 35.5. The van der Waals surface area contributed by atoms with Crippen molar-refractivity contribution in [3.8, 4) is 0 Å². The van der Waals surface area contributed by atoms with Crippen LogP contribution in [0.25, 0.3) is 21.1 Å². The number of rotatable bonds is 6. The molecule has 0 spiro atoms. The van der Waals surface area contributed by atoms with Gasteiger partial charge in [-0.1, -0.05) is 11.6 Å². The molecule has 0 aliphatic heterocycles. The quantitative estimate of drug-likeness (QED) is 0.438. The van der Waals surface area contributed by atoms with Crippen LogP contribution in [0.1, 0.15) is 18.5 Å². The van der Waals surface area contributed by atoms with Gasteiger partial charge < -0.3 is 5.11 Å². The number of carboxylic acids is 1. The van der Waals surface area contributed by atoms with Crippen LogP contribution in [-0.4, -0.2) is 20.0 Å². The van der Waals surface area contributed by atoms with E-state index in [1.807, 2.05) is 29.8 Å². The van der Waals surface area contributed by atoms with E-state index in [0.717, 1.165) is 31.7 Å². The maximum absolute atomic E-state index is 10.8. The van der Waals surface area contributed by atoms with Crippen molar-refractivity contribution in [2.75, 3.05) is 0 Å². The largest absolute Gasteiger partial charge is 0.481 e. The van der Waals surface area contributed by atoms with Crippen molar-refractivity contribution in [3.05, 3.63) is 58.7 Å². The monoisotopic (exact) mass is 402 g/mol. The molecular formula is C19H15ClN2O2S2. The Bertz CT molecular complexity index is 1100. The molecule has 2 aromatic carbocycles. The van der Waals surface area contributed by atoms with Gasteiger partial charge in [0.1, 0.15) is 0 Å².